The third-order valence-corrected chi connectivity index (χ3v) is 3.13. The van der Waals surface area contributed by atoms with Crippen LogP contribution in [0.25, 0.3) is 5.69 Å². The summed E-state index contributed by atoms with van der Waals surface area (Å²) in [7, 11) is 0. The van der Waals surface area contributed by atoms with E-state index in [1.165, 1.54) is 0 Å². The second kappa shape index (κ2) is 4.60. The first-order chi connectivity index (χ1) is 8.84. The largest absolute Gasteiger partial charge is 0.337 e. The lowest BCUT2D eigenvalue weighted by Crippen LogP contribution is -2.27. The molecule has 1 aliphatic heterocycles. The van der Waals surface area contributed by atoms with Crippen LogP contribution in [0.1, 0.15) is 23.3 Å². The van der Waals surface area contributed by atoms with E-state index in [1.54, 1.807) is 10.9 Å². The van der Waals surface area contributed by atoms with Crippen molar-refractivity contribution >= 4 is 5.91 Å². The summed E-state index contributed by atoms with van der Waals surface area (Å²) in [6.07, 6.45) is 3.85. The van der Waals surface area contributed by atoms with E-state index < -0.39 is 0 Å². The van der Waals surface area contributed by atoms with Crippen molar-refractivity contribution in [2.24, 2.45) is 0 Å². The van der Waals surface area contributed by atoms with E-state index in [-0.39, 0.29) is 5.91 Å². The zero-order valence-electron chi connectivity index (χ0n) is 9.99. The van der Waals surface area contributed by atoms with E-state index in [1.807, 2.05) is 35.2 Å². The molecule has 1 amide bonds. The molecule has 0 aliphatic carbocycles. The number of carbonyl (C=O) groups is 1. The van der Waals surface area contributed by atoms with Gasteiger partial charge in [-0.2, -0.15) is 0 Å². The number of aromatic nitrogens is 3. The quantitative estimate of drug-likeness (QED) is 0.802. The van der Waals surface area contributed by atoms with Gasteiger partial charge in [0.15, 0.2) is 5.69 Å². The van der Waals surface area contributed by atoms with E-state index >= 15 is 0 Å². The first kappa shape index (κ1) is 11.0. The Labute approximate surface area is 105 Å². The number of rotatable bonds is 2. The molecular formula is C13H14N4O. The molecule has 0 bridgehead atoms. The summed E-state index contributed by atoms with van der Waals surface area (Å²) in [4.78, 5) is 13.9. The molecule has 0 radical (unpaired) electrons. The van der Waals surface area contributed by atoms with Gasteiger partial charge in [0, 0.05) is 13.1 Å². The molecule has 0 N–H and O–H groups in total. The SMILES string of the molecule is O=C(c1cn(-c2ccccc2)nn1)N1CCCC1. The highest BCUT2D eigenvalue weighted by Gasteiger charge is 2.22. The lowest BCUT2D eigenvalue weighted by Gasteiger charge is -2.12. The van der Waals surface area contributed by atoms with Gasteiger partial charge in [0.05, 0.1) is 11.9 Å². The van der Waals surface area contributed by atoms with Crippen LogP contribution in [0.2, 0.25) is 0 Å². The van der Waals surface area contributed by atoms with E-state index in [0.717, 1.165) is 31.6 Å². The number of hydrogen-bond acceptors (Lipinski definition) is 3. The molecule has 1 aromatic carbocycles. The molecule has 18 heavy (non-hydrogen) atoms. The van der Waals surface area contributed by atoms with Crippen molar-refractivity contribution in [2.45, 2.75) is 12.8 Å². The fraction of sp³-hybridized carbons (Fsp3) is 0.308. The number of benzene rings is 1. The number of para-hydroxylation sites is 1. The lowest BCUT2D eigenvalue weighted by atomic mass is 10.3. The van der Waals surface area contributed by atoms with E-state index in [0.29, 0.717) is 5.69 Å². The van der Waals surface area contributed by atoms with Gasteiger partial charge in [0.1, 0.15) is 0 Å². The molecule has 2 aromatic rings. The fourth-order valence-corrected chi connectivity index (χ4v) is 2.15. The summed E-state index contributed by atoms with van der Waals surface area (Å²) >= 11 is 0. The molecule has 5 nitrogen and oxygen atoms in total. The summed E-state index contributed by atoms with van der Waals surface area (Å²) in [6.45, 7) is 1.66. The van der Waals surface area contributed by atoms with Crippen LogP contribution < -0.4 is 0 Å². The van der Waals surface area contributed by atoms with Crippen LogP contribution >= 0.6 is 0 Å². The Morgan fingerprint density at radius 2 is 1.83 bits per heavy atom. The molecule has 0 unspecified atom stereocenters. The Bertz CT molecular complexity index is 543. The Kier molecular flexibility index (Phi) is 2.80. The minimum absolute atomic E-state index is 0.0188. The maximum atomic E-state index is 12.1. The zero-order chi connectivity index (χ0) is 12.4. The summed E-state index contributed by atoms with van der Waals surface area (Å²) in [5.74, 6) is -0.0188. The maximum Gasteiger partial charge on any atom is 0.276 e. The van der Waals surface area contributed by atoms with Gasteiger partial charge in [-0.1, -0.05) is 23.4 Å². The second-order valence-electron chi connectivity index (χ2n) is 4.38. The average Bonchev–Trinajstić information content (AvgIpc) is 3.10. The van der Waals surface area contributed by atoms with Crippen molar-refractivity contribution in [2.75, 3.05) is 13.1 Å². The monoisotopic (exact) mass is 242 g/mol. The normalized spacial score (nSPS) is 15.0. The number of nitrogens with zero attached hydrogens (tertiary/aromatic N) is 4. The first-order valence-corrected chi connectivity index (χ1v) is 6.11. The van der Waals surface area contributed by atoms with Gasteiger partial charge in [-0.05, 0) is 25.0 Å². The van der Waals surface area contributed by atoms with Crippen molar-refractivity contribution in [3.8, 4) is 5.69 Å². The third kappa shape index (κ3) is 1.99. The molecule has 0 spiro atoms. The standard InChI is InChI=1S/C13H14N4O/c18-13(16-8-4-5-9-16)12-10-17(15-14-12)11-6-2-1-3-7-11/h1-3,6-7,10H,4-5,8-9H2. The topological polar surface area (TPSA) is 51.0 Å². The van der Waals surface area contributed by atoms with Gasteiger partial charge < -0.3 is 4.90 Å². The van der Waals surface area contributed by atoms with Gasteiger partial charge in [-0.15, -0.1) is 5.10 Å². The molecule has 3 rings (SSSR count). The van der Waals surface area contributed by atoms with Crippen LogP contribution in [-0.2, 0) is 0 Å². The summed E-state index contributed by atoms with van der Waals surface area (Å²) in [5.41, 5.74) is 1.33. The van der Waals surface area contributed by atoms with Crippen molar-refractivity contribution in [3.05, 3.63) is 42.2 Å². The van der Waals surface area contributed by atoms with Gasteiger partial charge in [-0.3, -0.25) is 4.79 Å². The molecular weight excluding hydrogens is 228 g/mol. The number of amides is 1. The van der Waals surface area contributed by atoms with Crippen LogP contribution in [-0.4, -0.2) is 38.9 Å². The summed E-state index contributed by atoms with van der Waals surface area (Å²) in [6, 6.07) is 9.66. The van der Waals surface area contributed by atoms with Crippen molar-refractivity contribution in [1.82, 2.24) is 19.9 Å². The minimum atomic E-state index is -0.0188. The average molecular weight is 242 g/mol. The first-order valence-electron chi connectivity index (χ1n) is 6.11. The summed E-state index contributed by atoms with van der Waals surface area (Å²) < 4.78 is 1.63. The molecule has 1 saturated heterocycles. The smallest absolute Gasteiger partial charge is 0.276 e. The van der Waals surface area contributed by atoms with Gasteiger partial charge in [0.25, 0.3) is 5.91 Å². The van der Waals surface area contributed by atoms with Gasteiger partial charge in [0.2, 0.25) is 0 Å². The molecule has 0 saturated carbocycles. The fourth-order valence-electron chi connectivity index (χ4n) is 2.15. The highest BCUT2D eigenvalue weighted by atomic mass is 16.2. The van der Waals surface area contributed by atoms with Crippen molar-refractivity contribution in [1.29, 1.82) is 0 Å². The molecule has 0 atom stereocenters. The highest BCUT2D eigenvalue weighted by molar-refractivity contribution is 5.92. The third-order valence-electron chi connectivity index (χ3n) is 3.13. The Morgan fingerprint density at radius 3 is 2.56 bits per heavy atom. The molecule has 92 valence electrons. The van der Waals surface area contributed by atoms with Crippen molar-refractivity contribution < 1.29 is 4.79 Å². The predicted octanol–water partition coefficient (Wildman–Crippen LogP) is 1.50. The predicted molar refractivity (Wildman–Crippen MR) is 66.5 cm³/mol. The Balaban J connectivity index is 1.83. The van der Waals surface area contributed by atoms with E-state index in [9.17, 15) is 4.79 Å². The number of hydrogen-bond donors (Lipinski definition) is 0. The molecule has 2 heterocycles. The van der Waals surface area contributed by atoms with Crippen LogP contribution in [0.4, 0.5) is 0 Å². The van der Waals surface area contributed by atoms with Crippen LogP contribution in [0.3, 0.4) is 0 Å². The Hall–Kier alpha value is -2.17. The number of likely N-dealkylation sites (tertiary alicyclic amines) is 1. The second-order valence-corrected chi connectivity index (χ2v) is 4.38. The molecule has 1 fully saturated rings. The number of carbonyl (C=O) groups excluding carboxylic acids is 1. The summed E-state index contributed by atoms with van der Waals surface area (Å²) in [5, 5.41) is 7.96. The van der Waals surface area contributed by atoms with Gasteiger partial charge >= 0.3 is 0 Å². The Morgan fingerprint density at radius 1 is 1.11 bits per heavy atom. The maximum absolute atomic E-state index is 12.1. The zero-order valence-corrected chi connectivity index (χ0v) is 9.99. The lowest BCUT2D eigenvalue weighted by molar-refractivity contribution is 0.0787. The van der Waals surface area contributed by atoms with Crippen LogP contribution in [0, 0.1) is 0 Å². The van der Waals surface area contributed by atoms with Gasteiger partial charge in [-0.25, -0.2) is 4.68 Å². The molecule has 1 aromatic heterocycles. The minimum Gasteiger partial charge on any atom is -0.337 e. The molecule has 1 aliphatic rings. The molecule has 5 heteroatoms. The highest BCUT2D eigenvalue weighted by Crippen LogP contribution is 2.12. The van der Waals surface area contributed by atoms with Crippen molar-refractivity contribution in [3.63, 3.8) is 0 Å². The van der Waals surface area contributed by atoms with E-state index in [4.69, 9.17) is 0 Å². The van der Waals surface area contributed by atoms with Crippen LogP contribution in [0.15, 0.2) is 36.5 Å². The van der Waals surface area contributed by atoms with E-state index in [2.05, 4.69) is 10.3 Å². The van der Waals surface area contributed by atoms with Crippen LogP contribution in [0.5, 0.6) is 0 Å².